The van der Waals surface area contributed by atoms with Crippen LogP contribution in [-0.4, -0.2) is 54.7 Å². The Morgan fingerprint density at radius 2 is 1.38 bits per heavy atom. The van der Waals surface area contributed by atoms with Gasteiger partial charge in [-0.2, -0.15) is 9.97 Å². The van der Waals surface area contributed by atoms with Crippen molar-refractivity contribution >= 4 is 28.7 Å². The summed E-state index contributed by atoms with van der Waals surface area (Å²) >= 11 is 6.17. The molecule has 1 aliphatic rings. The van der Waals surface area contributed by atoms with Crippen LogP contribution in [0.4, 0.5) is 5.95 Å². The highest BCUT2D eigenvalue weighted by molar-refractivity contribution is 6.33. The number of ether oxygens (including phenoxy) is 2. The van der Waals surface area contributed by atoms with E-state index in [0.29, 0.717) is 5.52 Å². The maximum atomic E-state index is 11.0. The Kier molecular flexibility index (Phi) is 6.76. The third kappa shape index (κ3) is 4.44. The lowest BCUT2D eigenvalue weighted by molar-refractivity contribution is -0.0942. The van der Waals surface area contributed by atoms with Gasteiger partial charge in [0, 0.05) is 0 Å². The number of imidazole rings is 1. The fourth-order valence-corrected chi connectivity index (χ4v) is 5.38. The van der Waals surface area contributed by atoms with Gasteiger partial charge in [0.1, 0.15) is 29.4 Å². The van der Waals surface area contributed by atoms with Gasteiger partial charge in [-0.1, -0.05) is 103 Å². The largest absolute Gasteiger partial charge is 0.387 e. The van der Waals surface area contributed by atoms with Crippen molar-refractivity contribution in [2.24, 2.45) is 0 Å². The summed E-state index contributed by atoms with van der Waals surface area (Å²) < 4.78 is 14.5. The van der Waals surface area contributed by atoms with Gasteiger partial charge in [-0.3, -0.25) is 4.57 Å². The van der Waals surface area contributed by atoms with Gasteiger partial charge in [-0.15, -0.1) is 0 Å². The van der Waals surface area contributed by atoms with Gasteiger partial charge in [0.05, 0.1) is 12.9 Å². The zero-order chi connectivity index (χ0) is 27.0. The number of nitrogens with two attached hydrogens (primary N) is 1. The Labute approximate surface area is 229 Å². The van der Waals surface area contributed by atoms with E-state index in [9.17, 15) is 10.2 Å². The van der Waals surface area contributed by atoms with Crippen LogP contribution < -0.4 is 5.73 Å². The summed E-state index contributed by atoms with van der Waals surface area (Å²) in [6.07, 6.45) is -2.97. The average molecular weight is 544 g/mol. The highest BCUT2D eigenvalue weighted by Crippen LogP contribution is 2.42. The second-order valence-electron chi connectivity index (χ2n) is 9.33. The lowest BCUT2D eigenvalue weighted by Gasteiger charge is -2.37. The van der Waals surface area contributed by atoms with Crippen LogP contribution in [0, 0.1) is 0 Å². The molecule has 4 N–H and O–H groups in total. The molecule has 5 aromatic rings. The summed E-state index contributed by atoms with van der Waals surface area (Å²) in [6.45, 7) is -0.0298. The van der Waals surface area contributed by atoms with Crippen molar-refractivity contribution < 1.29 is 19.7 Å². The molecule has 0 amide bonds. The number of halogens is 1. The van der Waals surface area contributed by atoms with Crippen LogP contribution in [0.15, 0.2) is 97.3 Å². The quantitative estimate of drug-likeness (QED) is 0.209. The van der Waals surface area contributed by atoms with E-state index in [0.717, 1.165) is 16.7 Å². The molecule has 1 saturated heterocycles. The van der Waals surface area contributed by atoms with Crippen molar-refractivity contribution in [3.8, 4) is 0 Å². The van der Waals surface area contributed by atoms with Crippen molar-refractivity contribution in [3.05, 3.63) is 119 Å². The number of hydrogen-bond acceptors (Lipinski definition) is 8. The molecule has 9 nitrogen and oxygen atoms in total. The van der Waals surface area contributed by atoms with Crippen LogP contribution in [0.25, 0.3) is 11.2 Å². The Hall–Kier alpha value is -3.86. The Morgan fingerprint density at radius 1 is 0.846 bits per heavy atom. The predicted molar refractivity (Wildman–Crippen MR) is 146 cm³/mol. The first kappa shape index (κ1) is 25.4. The number of anilines is 1. The molecule has 0 aliphatic carbocycles. The van der Waals surface area contributed by atoms with Crippen LogP contribution in [0.5, 0.6) is 0 Å². The number of hydrogen-bond donors (Lipinski definition) is 3. The predicted octanol–water partition coefficient (Wildman–Crippen LogP) is 3.69. The summed E-state index contributed by atoms with van der Waals surface area (Å²) in [6, 6.07) is 29.7. The van der Waals surface area contributed by atoms with Crippen molar-refractivity contribution in [2.45, 2.75) is 30.1 Å². The van der Waals surface area contributed by atoms with Crippen LogP contribution in [0.3, 0.4) is 0 Å². The van der Waals surface area contributed by atoms with E-state index in [-0.39, 0.29) is 23.4 Å². The van der Waals surface area contributed by atoms with Gasteiger partial charge >= 0.3 is 0 Å². The zero-order valence-electron chi connectivity index (χ0n) is 20.7. The van der Waals surface area contributed by atoms with Gasteiger partial charge in [-0.05, 0) is 16.7 Å². The van der Waals surface area contributed by atoms with E-state index < -0.39 is 30.1 Å². The van der Waals surface area contributed by atoms with Gasteiger partial charge in [0.25, 0.3) is 0 Å². The topological polar surface area (TPSA) is 129 Å². The molecule has 198 valence electrons. The number of benzene rings is 3. The first-order chi connectivity index (χ1) is 19.0. The lowest BCUT2D eigenvalue weighted by atomic mass is 9.80. The summed E-state index contributed by atoms with van der Waals surface area (Å²) in [7, 11) is 0. The molecule has 0 unspecified atom stereocenters. The SMILES string of the molecule is Nc1nc(Cl)c2ncn([C@@H]3O[C@H](COC(c4ccccc4)(c4ccccc4)c4ccccc4)[C@@H](O)[C@H]3O)c2n1. The molecule has 3 aromatic carbocycles. The van der Waals surface area contributed by atoms with Crippen LogP contribution in [-0.2, 0) is 15.1 Å². The van der Waals surface area contributed by atoms with Crippen molar-refractivity contribution in [3.63, 3.8) is 0 Å². The smallest absolute Gasteiger partial charge is 0.223 e. The number of nitrogen functional groups attached to an aromatic ring is 1. The minimum Gasteiger partial charge on any atom is -0.387 e. The van der Waals surface area contributed by atoms with Crippen LogP contribution in [0.1, 0.15) is 22.9 Å². The minimum atomic E-state index is -1.29. The molecule has 10 heteroatoms. The molecule has 6 rings (SSSR count). The molecule has 0 saturated carbocycles. The Bertz CT molecular complexity index is 1470. The second-order valence-corrected chi connectivity index (χ2v) is 9.69. The third-order valence-electron chi connectivity index (χ3n) is 7.01. The molecule has 1 aliphatic heterocycles. The molecule has 0 bridgehead atoms. The number of rotatable bonds is 7. The summed E-state index contributed by atoms with van der Waals surface area (Å²) in [5.41, 5.74) is 8.11. The highest BCUT2D eigenvalue weighted by Gasteiger charge is 2.46. The number of aliphatic hydroxyl groups is 2. The van der Waals surface area contributed by atoms with E-state index in [1.165, 1.54) is 10.9 Å². The fraction of sp³-hybridized carbons (Fsp3) is 0.207. The van der Waals surface area contributed by atoms with Gasteiger partial charge in [0.2, 0.25) is 5.95 Å². The van der Waals surface area contributed by atoms with Gasteiger partial charge < -0.3 is 25.4 Å². The van der Waals surface area contributed by atoms with E-state index in [1.54, 1.807) is 0 Å². The maximum absolute atomic E-state index is 11.0. The summed E-state index contributed by atoms with van der Waals surface area (Å²) in [5, 5.41) is 22.1. The molecule has 2 aromatic heterocycles. The average Bonchev–Trinajstić information content (AvgIpc) is 3.51. The molecule has 1 fully saturated rings. The molecule has 0 spiro atoms. The number of nitrogens with zero attached hydrogens (tertiary/aromatic N) is 4. The Balaban J connectivity index is 1.37. The summed E-state index contributed by atoms with van der Waals surface area (Å²) in [5.74, 6) is -0.0412. The first-order valence-corrected chi connectivity index (χ1v) is 12.8. The van der Waals surface area contributed by atoms with Crippen LogP contribution >= 0.6 is 11.6 Å². The first-order valence-electron chi connectivity index (χ1n) is 12.5. The highest BCUT2D eigenvalue weighted by atomic mass is 35.5. The number of fused-ring (bicyclic) bond motifs is 1. The van der Waals surface area contributed by atoms with E-state index in [1.807, 2.05) is 91.0 Å². The molecular formula is C29H26ClN5O4. The Morgan fingerprint density at radius 3 is 1.92 bits per heavy atom. The molecule has 4 atom stereocenters. The van der Waals surface area contributed by atoms with Crippen molar-refractivity contribution in [2.75, 3.05) is 12.3 Å². The number of aromatic nitrogens is 4. The lowest BCUT2D eigenvalue weighted by Crippen LogP contribution is -2.39. The minimum absolute atomic E-state index is 0.0298. The monoisotopic (exact) mass is 543 g/mol. The molecule has 0 radical (unpaired) electrons. The molecular weight excluding hydrogens is 518 g/mol. The third-order valence-corrected chi connectivity index (χ3v) is 7.28. The fourth-order valence-electron chi connectivity index (χ4n) is 5.16. The normalized spacial score (nSPS) is 21.4. The van der Waals surface area contributed by atoms with Crippen LogP contribution in [0.2, 0.25) is 5.15 Å². The maximum Gasteiger partial charge on any atom is 0.223 e. The van der Waals surface area contributed by atoms with E-state index >= 15 is 0 Å². The molecule has 3 heterocycles. The summed E-state index contributed by atoms with van der Waals surface area (Å²) in [4.78, 5) is 12.4. The second kappa shape index (κ2) is 10.4. The van der Waals surface area contributed by atoms with Gasteiger partial charge in [-0.25, -0.2) is 4.98 Å². The van der Waals surface area contributed by atoms with Crippen molar-refractivity contribution in [1.82, 2.24) is 19.5 Å². The van der Waals surface area contributed by atoms with E-state index in [2.05, 4.69) is 15.0 Å². The number of aliphatic hydroxyl groups excluding tert-OH is 2. The van der Waals surface area contributed by atoms with E-state index in [4.69, 9.17) is 26.8 Å². The standard InChI is InChI=1S/C29H26ClN5O4/c30-25-22-26(34-28(31)33-25)35(17-32-22)27-24(37)23(36)21(39-27)16-38-29(18-10-4-1-5-11-18,19-12-6-2-7-13-19)20-14-8-3-9-15-20/h1-15,17,21,23-24,27,36-37H,16H2,(H2,31,33,34)/t21-,23-,24-,27-/m1/s1. The molecule has 39 heavy (non-hydrogen) atoms. The zero-order valence-corrected chi connectivity index (χ0v) is 21.5. The van der Waals surface area contributed by atoms with Crippen molar-refractivity contribution in [1.29, 1.82) is 0 Å². The van der Waals surface area contributed by atoms with Gasteiger partial charge in [0.15, 0.2) is 17.0 Å².